The summed E-state index contributed by atoms with van der Waals surface area (Å²) in [6.07, 6.45) is 2.39. The summed E-state index contributed by atoms with van der Waals surface area (Å²) < 4.78 is 33.0. The van der Waals surface area contributed by atoms with E-state index in [0.717, 1.165) is 30.5 Å². The molecule has 4 rings (SSSR count). The second-order valence-electron chi connectivity index (χ2n) is 7.62. The van der Waals surface area contributed by atoms with E-state index in [-0.39, 0.29) is 0 Å². The summed E-state index contributed by atoms with van der Waals surface area (Å²) in [5, 5.41) is 0. The lowest BCUT2D eigenvalue weighted by atomic mass is 10.3. The Hall–Kier alpha value is -2.39. The number of hydrogen-bond acceptors (Lipinski definition) is 7. The molecule has 30 heavy (non-hydrogen) atoms. The number of nitrogens with zero attached hydrogens (tertiary/aromatic N) is 5. The minimum absolute atomic E-state index is 0.300. The first kappa shape index (κ1) is 20.9. The van der Waals surface area contributed by atoms with Crippen molar-refractivity contribution >= 4 is 21.7 Å². The summed E-state index contributed by atoms with van der Waals surface area (Å²) in [5.74, 6) is 3.27. The van der Waals surface area contributed by atoms with Crippen LogP contribution in [0, 0.1) is 6.92 Å². The van der Waals surface area contributed by atoms with E-state index in [1.54, 1.807) is 28.6 Å². The van der Waals surface area contributed by atoms with Crippen LogP contribution in [0.4, 0.5) is 11.6 Å². The van der Waals surface area contributed by atoms with Crippen LogP contribution >= 0.6 is 0 Å². The molecule has 3 heterocycles. The van der Waals surface area contributed by atoms with E-state index in [1.807, 2.05) is 19.9 Å². The van der Waals surface area contributed by atoms with Crippen LogP contribution in [-0.4, -0.2) is 68.6 Å². The molecule has 162 valence electrons. The van der Waals surface area contributed by atoms with Crippen molar-refractivity contribution in [3.05, 3.63) is 36.2 Å². The molecule has 0 atom stereocenters. The molecule has 1 aromatic heterocycles. The topological polar surface area (TPSA) is 78.9 Å². The summed E-state index contributed by atoms with van der Waals surface area (Å²) >= 11 is 0. The van der Waals surface area contributed by atoms with Gasteiger partial charge in [0.15, 0.2) is 0 Å². The average Bonchev–Trinajstić information content (AvgIpc) is 3.29. The molecule has 0 radical (unpaired) electrons. The lowest BCUT2D eigenvalue weighted by Crippen LogP contribution is -2.49. The number of anilines is 2. The Kier molecular flexibility index (Phi) is 6.10. The highest BCUT2D eigenvalue weighted by Crippen LogP contribution is 2.25. The highest BCUT2D eigenvalue weighted by molar-refractivity contribution is 7.89. The van der Waals surface area contributed by atoms with Gasteiger partial charge in [-0.25, -0.2) is 18.4 Å². The van der Waals surface area contributed by atoms with Crippen molar-refractivity contribution in [1.82, 2.24) is 14.3 Å². The first-order valence-electron chi connectivity index (χ1n) is 10.6. The Labute approximate surface area is 178 Å². The fourth-order valence-electron chi connectivity index (χ4n) is 3.99. The number of aryl methyl sites for hydroxylation is 1. The Morgan fingerprint density at radius 1 is 0.900 bits per heavy atom. The normalized spacial score (nSPS) is 18.1. The van der Waals surface area contributed by atoms with Crippen LogP contribution in [0.1, 0.15) is 25.6 Å². The van der Waals surface area contributed by atoms with Crippen molar-refractivity contribution < 1.29 is 13.2 Å². The van der Waals surface area contributed by atoms with Gasteiger partial charge in [0.1, 0.15) is 23.2 Å². The number of hydrogen-bond donors (Lipinski definition) is 0. The molecular formula is C21H29N5O3S. The maximum absolute atomic E-state index is 13.0. The number of ether oxygens (including phenoxy) is 1. The van der Waals surface area contributed by atoms with Crippen LogP contribution in [0.5, 0.6) is 5.75 Å². The lowest BCUT2D eigenvalue weighted by Gasteiger charge is -2.35. The summed E-state index contributed by atoms with van der Waals surface area (Å²) in [7, 11) is -3.52. The number of piperazine rings is 1. The van der Waals surface area contributed by atoms with E-state index in [9.17, 15) is 8.42 Å². The Morgan fingerprint density at radius 3 is 2.03 bits per heavy atom. The molecule has 8 nitrogen and oxygen atoms in total. The summed E-state index contributed by atoms with van der Waals surface area (Å²) in [6.45, 7) is 8.49. The molecule has 2 saturated heterocycles. The summed E-state index contributed by atoms with van der Waals surface area (Å²) in [6, 6.07) is 8.67. The summed E-state index contributed by atoms with van der Waals surface area (Å²) in [5.41, 5.74) is 0. The zero-order valence-electron chi connectivity index (χ0n) is 17.6. The zero-order chi connectivity index (χ0) is 21.1. The molecule has 9 heteroatoms. The van der Waals surface area contributed by atoms with Gasteiger partial charge in [-0.2, -0.15) is 4.31 Å². The average molecular weight is 432 g/mol. The standard InChI is InChI=1S/C21H29N5O3S/c1-3-29-18-6-8-19(9-7-18)30(27,28)26-14-12-25(13-15-26)21-16-20(22-17(2)23-21)24-10-4-5-11-24/h6-9,16H,3-5,10-15H2,1-2H3. The Morgan fingerprint density at radius 2 is 1.47 bits per heavy atom. The van der Waals surface area contributed by atoms with Gasteiger partial charge in [0, 0.05) is 45.3 Å². The smallest absolute Gasteiger partial charge is 0.243 e. The van der Waals surface area contributed by atoms with Crippen molar-refractivity contribution in [2.45, 2.75) is 31.6 Å². The monoisotopic (exact) mass is 431 g/mol. The van der Waals surface area contributed by atoms with Crippen molar-refractivity contribution in [2.24, 2.45) is 0 Å². The maximum atomic E-state index is 13.0. The maximum Gasteiger partial charge on any atom is 0.243 e. The van der Waals surface area contributed by atoms with Crippen molar-refractivity contribution in [1.29, 1.82) is 0 Å². The van der Waals surface area contributed by atoms with Crippen molar-refractivity contribution in [3.8, 4) is 5.75 Å². The van der Waals surface area contributed by atoms with Gasteiger partial charge in [0.05, 0.1) is 11.5 Å². The molecule has 0 aliphatic carbocycles. The molecule has 2 fully saturated rings. The Balaban J connectivity index is 1.44. The lowest BCUT2D eigenvalue weighted by molar-refractivity contribution is 0.340. The van der Waals surface area contributed by atoms with E-state index < -0.39 is 10.0 Å². The first-order chi connectivity index (χ1) is 14.5. The fourth-order valence-corrected chi connectivity index (χ4v) is 5.41. The molecular weight excluding hydrogens is 402 g/mol. The number of sulfonamides is 1. The van der Waals surface area contributed by atoms with Gasteiger partial charge < -0.3 is 14.5 Å². The molecule has 0 amide bonds. The van der Waals surface area contributed by atoms with Crippen LogP contribution in [0.2, 0.25) is 0 Å². The van der Waals surface area contributed by atoms with Crippen LogP contribution in [-0.2, 0) is 10.0 Å². The van der Waals surface area contributed by atoms with Crippen LogP contribution < -0.4 is 14.5 Å². The van der Waals surface area contributed by atoms with Gasteiger partial charge in [-0.3, -0.25) is 0 Å². The minimum Gasteiger partial charge on any atom is -0.494 e. The van der Waals surface area contributed by atoms with E-state index in [1.165, 1.54) is 12.8 Å². The summed E-state index contributed by atoms with van der Waals surface area (Å²) in [4.78, 5) is 14.0. The Bertz CT molecular complexity index is 967. The van der Waals surface area contributed by atoms with Crippen molar-refractivity contribution in [2.75, 3.05) is 55.7 Å². The van der Waals surface area contributed by atoms with Gasteiger partial charge >= 0.3 is 0 Å². The van der Waals surface area contributed by atoms with Crippen LogP contribution in [0.15, 0.2) is 35.2 Å². The highest BCUT2D eigenvalue weighted by Gasteiger charge is 2.29. The zero-order valence-corrected chi connectivity index (χ0v) is 18.4. The molecule has 0 saturated carbocycles. The SMILES string of the molecule is CCOc1ccc(S(=O)(=O)N2CCN(c3cc(N4CCCC4)nc(C)n3)CC2)cc1. The van der Waals surface area contributed by atoms with Gasteiger partial charge in [-0.05, 0) is 51.0 Å². The number of benzene rings is 1. The first-order valence-corrected chi connectivity index (χ1v) is 12.0. The van der Waals surface area contributed by atoms with E-state index >= 15 is 0 Å². The predicted octanol–water partition coefficient (Wildman–Crippen LogP) is 2.29. The van der Waals surface area contributed by atoms with Gasteiger partial charge in [0.2, 0.25) is 10.0 Å². The fraction of sp³-hybridized carbons (Fsp3) is 0.524. The highest BCUT2D eigenvalue weighted by atomic mass is 32.2. The molecule has 2 aliphatic rings. The third kappa shape index (κ3) is 4.37. The third-order valence-electron chi connectivity index (χ3n) is 5.58. The van der Waals surface area contributed by atoms with Gasteiger partial charge in [0.25, 0.3) is 0 Å². The molecule has 0 spiro atoms. The van der Waals surface area contributed by atoms with Gasteiger partial charge in [-0.15, -0.1) is 0 Å². The molecule has 2 aliphatic heterocycles. The van der Waals surface area contributed by atoms with E-state index in [4.69, 9.17) is 4.74 Å². The predicted molar refractivity (Wildman–Crippen MR) is 117 cm³/mol. The number of aromatic nitrogens is 2. The second-order valence-corrected chi connectivity index (χ2v) is 9.56. The van der Waals surface area contributed by atoms with Crippen LogP contribution in [0.3, 0.4) is 0 Å². The molecule has 1 aromatic carbocycles. The number of rotatable bonds is 6. The third-order valence-corrected chi connectivity index (χ3v) is 7.49. The van der Waals surface area contributed by atoms with Crippen LogP contribution in [0.25, 0.3) is 0 Å². The molecule has 0 bridgehead atoms. The second kappa shape index (κ2) is 8.77. The van der Waals surface area contributed by atoms with E-state index in [0.29, 0.717) is 43.4 Å². The molecule has 0 N–H and O–H groups in total. The quantitative estimate of drug-likeness (QED) is 0.694. The van der Waals surface area contributed by atoms with Gasteiger partial charge in [-0.1, -0.05) is 0 Å². The largest absolute Gasteiger partial charge is 0.494 e. The molecule has 0 unspecified atom stereocenters. The molecule has 2 aromatic rings. The van der Waals surface area contributed by atoms with Crippen molar-refractivity contribution in [3.63, 3.8) is 0 Å². The van der Waals surface area contributed by atoms with E-state index in [2.05, 4.69) is 19.8 Å². The minimum atomic E-state index is -3.52.